The number of rotatable bonds is 5. The Kier molecular flexibility index (Phi) is 4.23. The van der Waals surface area contributed by atoms with Crippen LogP contribution in [0.3, 0.4) is 0 Å². The molecule has 1 aromatic heterocycles. The predicted octanol–water partition coefficient (Wildman–Crippen LogP) is 3.07. The summed E-state index contributed by atoms with van der Waals surface area (Å²) in [7, 11) is 1.27. The van der Waals surface area contributed by atoms with Crippen LogP contribution in [0.2, 0.25) is 0 Å². The summed E-state index contributed by atoms with van der Waals surface area (Å²) < 4.78 is 9.98. The molecule has 0 saturated heterocycles. The number of hydrogen-bond acceptors (Lipinski definition) is 5. The van der Waals surface area contributed by atoms with Crippen LogP contribution in [0.5, 0.6) is 5.75 Å². The summed E-state index contributed by atoms with van der Waals surface area (Å²) in [6, 6.07) is 6.99. The van der Waals surface area contributed by atoms with Crippen molar-refractivity contribution in [2.24, 2.45) is 0 Å². The van der Waals surface area contributed by atoms with Crippen LogP contribution in [0.1, 0.15) is 21.1 Å². The van der Waals surface area contributed by atoms with Gasteiger partial charge in [0.15, 0.2) is 5.75 Å². The largest absolute Gasteiger partial charge is 0.492 e. The zero-order valence-electron chi connectivity index (χ0n) is 11.2. The minimum absolute atomic E-state index is 0.100. The highest BCUT2D eigenvalue weighted by Crippen LogP contribution is 2.39. The topological polar surface area (TPSA) is 97.0 Å². The van der Waals surface area contributed by atoms with E-state index < -0.39 is 23.5 Å². The standard InChI is InChI=1S/C14H12O6S/c1-19-10-9(7-3-5-8(21-2)6-4-7)11(13(15)16)20-12(10)14(17)18/h3-6H,1-2H3,(H,15,16)(H,17,18). The Morgan fingerprint density at radius 2 is 1.67 bits per heavy atom. The second kappa shape index (κ2) is 5.92. The molecule has 0 aliphatic carbocycles. The van der Waals surface area contributed by atoms with Crippen molar-refractivity contribution in [2.75, 3.05) is 13.4 Å². The van der Waals surface area contributed by atoms with E-state index in [4.69, 9.17) is 14.3 Å². The van der Waals surface area contributed by atoms with Crippen LogP contribution in [0.4, 0.5) is 0 Å². The summed E-state index contributed by atoms with van der Waals surface area (Å²) in [5.74, 6) is -3.83. The number of aromatic carboxylic acids is 2. The summed E-state index contributed by atoms with van der Waals surface area (Å²) >= 11 is 1.54. The molecular formula is C14H12O6S. The van der Waals surface area contributed by atoms with Crippen molar-refractivity contribution in [3.8, 4) is 16.9 Å². The van der Waals surface area contributed by atoms with Crippen LogP contribution in [0, 0.1) is 0 Å². The van der Waals surface area contributed by atoms with Crippen LogP contribution in [-0.4, -0.2) is 35.5 Å². The fourth-order valence-corrected chi connectivity index (χ4v) is 2.33. The number of benzene rings is 1. The van der Waals surface area contributed by atoms with Gasteiger partial charge in [0.05, 0.1) is 12.7 Å². The maximum Gasteiger partial charge on any atom is 0.375 e. The van der Waals surface area contributed by atoms with E-state index in [2.05, 4.69) is 0 Å². The lowest BCUT2D eigenvalue weighted by Gasteiger charge is -2.05. The molecule has 2 N–H and O–H groups in total. The molecule has 0 saturated carbocycles. The Bertz CT molecular complexity index is 686. The van der Waals surface area contributed by atoms with E-state index in [0.29, 0.717) is 5.56 Å². The third kappa shape index (κ3) is 2.73. The number of carbonyl (C=O) groups is 2. The molecule has 6 nitrogen and oxygen atoms in total. The fourth-order valence-electron chi connectivity index (χ4n) is 1.92. The predicted molar refractivity (Wildman–Crippen MR) is 76.4 cm³/mol. The number of methoxy groups -OCH3 is 1. The average molecular weight is 308 g/mol. The molecule has 0 amide bonds. The van der Waals surface area contributed by atoms with Crippen molar-refractivity contribution in [1.82, 2.24) is 0 Å². The summed E-state index contributed by atoms with van der Waals surface area (Å²) in [5.41, 5.74) is 0.633. The summed E-state index contributed by atoms with van der Waals surface area (Å²) in [4.78, 5) is 23.4. The molecule has 0 aliphatic heterocycles. The number of hydrogen-bond donors (Lipinski definition) is 2. The molecule has 0 aliphatic rings. The first-order valence-corrected chi connectivity index (χ1v) is 7.03. The zero-order valence-corrected chi connectivity index (χ0v) is 12.1. The highest BCUT2D eigenvalue weighted by Gasteiger charge is 2.30. The van der Waals surface area contributed by atoms with Gasteiger partial charge in [-0.15, -0.1) is 11.8 Å². The maximum absolute atomic E-state index is 11.3. The quantitative estimate of drug-likeness (QED) is 0.819. The van der Waals surface area contributed by atoms with E-state index in [9.17, 15) is 14.7 Å². The van der Waals surface area contributed by atoms with Gasteiger partial charge in [-0.3, -0.25) is 0 Å². The van der Waals surface area contributed by atoms with Gasteiger partial charge in [-0.05, 0) is 24.0 Å². The molecule has 0 radical (unpaired) electrons. The lowest BCUT2D eigenvalue weighted by atomic mass is 10.0. The van der Waals surface area contributed by atoms with Crippen molar-refractivity contribution in [2.45, 2.75) is 4.90 Å². The first-order chi connectivity index (χ1) is 9.99. The van der Waals surface area contributed by atoms with Gasteiger partial charge in [-0.25, -0.2) is 9.59 Å². The summed E-state index contributed by atoms with van der Waals surface area (Å²) in [6.07, 6.45) is 1.92. The van der Waals surface area contributed by atoms with Gasteiger partial charge in [-0.2, -0.15) is 0 Å². The number of carboxylic acid groups (broad SMARTS) is 2. The Balaban J connectivity index is 2.69. The smallest absolute Gasteiger partial charge is 0.375 e. The van der Waals surface area contributed by atoms with E-state index >= 15 is 0 Å². The van der Waals surface area contributed by atoms with Gasteiger partial charge in [0, 0.05) is 4.90 Å². The van der Waals surface area contributed by atoms with Crippen LogP contribution < -0.4 is 4.74 Å². The van der Waals surface area contributed by atoms with Gasteiger partial charge in [0.1, 0.15) is 0 Å². The lowest BCUT2D eigenvalue weighted by molar-refractivity contribution is 0.0630. The Morgan fingerprint density at radius 3 is 2.10 bits per heavy atom. The van der Waals surface area contributed by atoms with Crippen molar-refractivity contribution in [3.63, 3.8) is 0 Å². The minimum Gasteiger partial charge on any atom is -0.492 e. The Hall–Kier alpha value is -2.41. The molecule has 1 heterocycles. The summed E-state index contributed by atoms with van der Waals surface area (Å²) in [6.45, 7) is 0. The zero-order chi connectivity index (χ0) is 15.6. The molecular weight excluding hydrogens is 296 g/mol. The lowest BCUT2D eigenvalue weighted by Crippen LogP contribution is -1.97. The molecule has 2 aromatic rings. The molecule has 21 heavy (non-hydrogen) atoms. The fraction of sp³-hybridized carbons (Fsp3) is 0.143. The van der Waals surface area contributed by atoms with Crippen molar-refractivity contribution >= 4 is 23.7 Å². The van der Waals surface area contributed by atoms with Gasteiger partial charge in [0.25, 0.3) is 5.76 Å². The van der Waals surface area contributed by atoms with Crippen molar-refractivity contribution < 1.29 is 29.0 Å². The van der Waals surface area contributed by atoms with E-state index in [0.717, 1.165) is 4.90 Å². The number of ether oxygens (including phenoxy) is 1. The van der Waals surface area contributed by atoms with Crippen LogP contribution in [0.15, 0.2) is 33.6 Å². The average Bonchev–Trinajstić information content (AvgIpc) is 2.87. The Morgan fingerprint density at radius 1 is 1.10 bits per heavy atom. The van der Waals surface area contributed by atoms with Crippen molar-refractivity contribution in [3.05, 3.63) is 35.8 Å². The molecule has 2 rings (SSSR count). The normalized spacial score (nSPS) is 10.4. The molecule has 0 unspecified atom stereocenters. The Labute approximate surface area is 124 Å². The van der Waals surface area contributed by atoms with E-state index in [1.54, 1.807) is 24.3 Å². The van der Waals surface area contributed by atoms with Gasteiger partial charge in [-0.1, -0.05) is 12.1 Å². The molecule has 0 bridgehead atoms. The highest BCUT2D eigenvalue weighted by molar-refractivity contribution is 7.98. The molecule has 7 heteroatoms. The van der Waals surface area contributed by atoms with E-state index in [-0.39, 0.29) is 11.3 Å². The first kappa shape index (κ1) is 15.0. The minimum atomic E-state index is -1.39. The molecule has 0 spiro atoms. The van der Waals surface area contributed by atoms with E-state index in [1.807, 2.05) is 6.26 Å². The van der Waals surface area contributed by atoms with Crippen LogP contribution >= 0.6 is 11.8 Å². The van der Waals surface area contributed by atoms with Gasteiger partial charge < -0.3 is 19.4 Å². The SMILES string of the molecule is COc1c(C(=O)O)oc(C(=O)O)c1-c1ccc(SC)cc1. The number of thioether (sulfide) groups is 1. The number of carboxylic acids is 2. The third-order valence-electron chi connectivity index (χ3n) is 2.84. The summed E-state index contributed by atoms with van der Waals surface area (Å²) in [5, 5.41) is 18.3. The second-order valence-corrected chi connectivity index (χ2v) is 4.89. The maximum atomic E-state index is 11.3. The van der Waals surface area contributed by atoms with Gasteiger partial charge in [0.2, 0.25) is 5.76 Å². The third-order valence-corrected chi connectivity index (χ3v) is 3.58. The monoisotopic (exact) mass is 308 g/mol. The second-order valence-electron chi connectivity index (χ2n) is 4.01. The molecule has 110 valence electrons. The highest BCUT2D eigenvalue weighted by atomic mass is 32.2. The van der Waals surface area contributed by atoms with Crippen LogP contribution in [0.25, 0.3) is 11.1 Å². The molecule has 1 aromatic carbocycles. The van der Waals surface area contributed by atoms with Crippen LogP contribution in [-0.2, 0) is 0 Å². The van der Waals surface area contributed by atoms with E-state index in [1.165, 1.54) is 18.9 Å². The first-order valence-electron chi connectivity index (χ1n) is 5.81. The number of furan rings is 1. The van der Waals surface area contributed by atoms with Gasteiger partial charge >= 0.3 is 11.9 Å². The molecule has 0 atom stereocenters. The van der Waals surface area contributed by atoms with Crippen molar-refractivity contribution in [1.29, 1.82) is 0 Å². The molecule has 0 fully saturated rings.